The van der Waals surface area contributed by atoms with E-state index in [1.165, 1.54) is 0 Å². The van der Waals surface area contributed by atoms with E-state index in [-0.39, 0.29) is 24.9 Å². The normalized spacial score (nSPS) is 16.8. The second-order valence-electron chi connectivity index (χ2n) is 6.88. The average molecular weight is 394 g/mol. The summed E-state index contributed by atoms with van der Waals surface area (Å²) in [6.45, 7) is 0.425. The first-order chi connectivity index (χ1) is 14.1. The van der Waals surface area contributed by atoms with Gasteiger partial charge in [0, 0.05) is 23.7 Å². The number of nitrogens with zero attached hydrogens (tertiary/aromatic N) is 1. The molecule has 0 saturated carbocycles. The number of hydrogen-bond acceptors (Lipinski definition) is 4. The van der Waals surface area contributed by atoms with E-state index in [9.17, 15) is 13.6 Å². The standard InChI is InChI=1S/C22H16F2N2O3/c23-14-6-7-17(24)18(10-14)25-21-15-3-1-2-4-16(15)22(27)26(21)11-13-5-8-19-20(9-13)29-12-28-19/h1-10,21,25H,11-12H2. The number of carbonyl (C=O) groups excluding carboxylic acids is 1. The Labute approximate surface area is 165 Å². The van der Waals surface area contributed by atoms with Crippen molar-refractivity contribution in [3.05, 3.63) is 89.0 Å². The van der Waals surface area contributed by atoms with Crippen molar-refractivity contribution in [2.75, 3.05) is 12.1 Å². The van der Waals surface area contributed by atoms with Crippen LogP contribution in [-0.4, -0.2) is 17.6 Å². The van der Waals surface area contributed by atoms with Gasteiger partial charge in [-0.05, 0) is 35.9 Å². The molecule has 146 valence electrons. The van der Waals surface area contributed by atoms with Crippen molar-refractivity contribution in [3.8, 4) is 11.5 Å². The third kappa shape index (κ3) is 3.04. The van der Waals surface area contributed by atoms with Crippen LogP contribution in [0.25, 0.3) is 0 Å². The number of nitrogens with one attached hydrogen (secondary N) is 1. The van der Waals surface area contributed by atoms with Gasteiger partial charge in [-0.1, -0.05) is 24.3 Å². The van der Waals surface area contributed by atoms with Gasteiger partial charge in [-0.15, -0.1) is 0 Å². The molecule has 29 heavy (non-hydrogen) atoms. The number of anilines is 1. The van der Waals surface area contributed by atoms with Crippen LogP contribution in [0, 0.1) is 11.6 Å². The van der Waals surface area contributed by atoms with Crippen molar-refractivity contribution in [1.29, 1.82) is 0 Å². The van der Waals surface area contributed by atoms with Gasteiger partial charge in [-0.25, -0.2) is 8.78 Å². The molecule has 1 atom stereocenters. The molecule has 2 aliphatic rings. The van der Waals surface area contributed by atoms with E-state index < -0.39 is 17.8 Å². The Morgan fingerprint density at radius 1 is 1.00 bits per heavy atom. The number of fused-ring (bicyclic) bond motifs is 2. The minimum Gasteiger partial charge on any atom is -0.454 e. The SMILES string of the molecule is O=C1c2ccccc2C(Nc2cc(F)ccc2F)N1Cc1ccc2c(c1)OCO2. The Kier molecular flexibility index (Phi) is 4.08. The second-order valence-corrected chi connectivity index (χ2v) is 6.88. The average Bonchev–Trinajstić information content (AvgIpc) is 3.29. The first-order valence-corrected chi connectivity index (χ1v) is 9.10. The summed E-state index contributed by atoms with van der Waals surface area (Å²) in [5.74, 6) is -0.0682. The molecule has 2 heterocycles. The summed E-state index contributed by atoms with van der Waals surface area (Å²) in [5.41, 5.74) is 2.07. The van der Waals surface area contributed by atoms with E-state index in [1.54, 1.807) is 23.1 Å². The van der Waals surface area contributed by atoms with Gasteiger partial charge in [0.25, 0.3) is 5.91 Å². The monoisotopic (exact) mass is 394 g/mol. The smallest absolute Gasteiger partial charge is 0.256 e. The number of amides is 1. The highest BCUT2D eigenvalue weighted by atomic mass is 19.1. The number of hydrogen-bond donors (Lipinski definition) is 1. The number of carbonyl (C=O) groups is 1. The molecule has 1 N–H and O–H groups in total. The highest BCUT2D eigenvalue weighted by molar-refractivity contribution is 5.99. The summed E-state index contributed by atoms with van der Waals surface area (Å²) in [6, 6.07) is 15.8. The van der Waals surface area contributed by atoms with E-state index in [0.717, 1.165) is 23.8 Å². The molecule has 5 nitrogen and oxygen atoms in total. The van der Waals surface area contributed by atoms with Crippen LogP contribution in [0.3, 0.4) is 0 Å². The second kappa shape index (κ2) is 6.77. The Morgan fingerprint density at radius 3 is 2.72 bits per heavy atom. The molecular weight excluding hydrogens is 378 g/mol. The third-order valence-electron chi connectivity index (χ3n) is 5.07. The zero-order valence-corrected chi connectivity index (χ0v) is 15.2. The molecule has 0 aromatic heterocycles. The lowest BCUT2D eigenvalue weighted by Gasteiger charge is -2.27. The van der Waals surface area contributed by atoms with Gasteiger partial charge in [0.15, 0.2) is 11.5 Å². The number of benzene rings is 3. The lowest BCUT2D eigenvalue weighted by atomic mass is 10.1. The molecule has 3 aromatic carbocycles. The van der Waals surface area contributed by atoms with Crippen LogP contribution in [0.15, 0.2) is 60.7 Å². The fourth-order valence-corrected chi connectivity index (χ4v) is 3.68. The first-order valence-electron chi connectivity index (χ1n) is 9.10. The van der Waals surface area contributed by atoms with Crippen LogP contribution in [0.5, 0.6) is 11.5 Å². The van der Waals surface area contributed by atoms with Gasteiger partial charge < -0.3 is 19.7 Å². The van der Waals surface area contributed by atoms with Gasteiger partial charge in [0.1, 0.15) is 17.8 Å². The summed E-state index contributed by atoms with van der Waals surface area (Å²) in [5, 5.41) is 2.99. The minimum atomic E-state index is -0.638. The lowest BCUT2D eigenvalue weighted by Crippen LogP contribution is -2.32. The molecule has 0 saturated heterocycles. The Bertz CT molecular complexity index is 1120. The van der Waals surface area contributed by atoms with Gasteiger partial charge in [0.05, 0.1) is 5.69 Å². The topological polar surface area (TPSA) is 50.8 Å². The molecule has 2 aliphatic heterocycles. The van der Waals surface area contributed by atoms with Crippen molar-refractivity contribution in [3.63, 3.8) is 0 Å². The number of rotatable bonds is 4. The van der Waals surface area contributed by atoms with Crippen molar-refractivity contribution >= 4 is 11.6 Å². The van der Waals surface area contributed by atoms with E-state index in [1.807, 2.05) is 24.3 Å². The summed E-state index contributed by atoms with van der Waals surface area (Å²) in [6.07, 6.45) is -0.638. The molecule has 0 spiro atoms. The molecule has 5 rings (SSSR count). The first kappa shape index (κ1) is 17.5. The third-order valence-corrected chi connectivity index (χ3v) is 5.07. The maximum Gasteiger partial charge on any atom is 0.256 e. The van der Waals surface area contributed by atoms with Crippen molar-refractivity contribution < 1.29 is 23.0 Å². The molecule has 1 amide bonds. The van der Waals surface area contributed by atoms with Crippen LogP contribution in [0.2, 0.25) is 0 Å². The van der Waals surface area contributed by atoms with E-state index in [4.69, 9.17) is 9.47 Å². The van der Waals surface area contributed by atoms with Crippen LogP contribution in [-0.2, 0) is 6.54 Å². The maximum atomic E-state index is 14.2. The Balaban J connectivity index is 1.50. The van der Waals surface area contributed by atoms with Crippen LogP contribution in [0.1, 0.15) is 27.7 Å². The predicted molar refractivity (Wildman–Crippen MR) is 102 cm³/mol. The molecule has 3 aromatic rings. The summed E-state index contributed by atoms with van der Waals surface area (Å²) >= 11 is 0. The molecule has 0 fully saturated rings. The largest absolute Gasteiger partial charge is 0.454 e. The van der Waals surface area contributed by atoms with Crippen LogP contribution in [0.4, 0.5) is 14.5 Å². The minimum absolute atomic E-state index is 0.00445. The van der Waals surface area contributed by atoms with Crippen molar-refractivity contribution in [1.82, 2.24) is 4.90 Å². The summed E-state index contributed by atoms with van der Waals surface area (Å²) < 4.78 is 38.6. The highest BCUT2D eigenvalue weighted by Gasteiger charge is 2.37. The van der Waals surface area contributed by atoms with E-state index in [2.05, 4.69) is 5.32 Å². The van der Waals surface area contributed by atoms with Gasteiger partial charge in [-0.2, -0.15) is 0 Å². The maximum absolute atomic E-state index is 14.2. The highest BCUT2D eigenvalue weighted by Crippen LogP contribution is 2.38. The van der Waals surface area contributed by atoms with Gasteiger partial charge in [0.2, 0.25) is 6.79 Å². The van der Waals surface area contributed by atoms with Crippen LogP contribution >= 0.6 is 0 Å². The van der Waals surface area contributed by atoms with Crippen LogP contribution < -0.4 is 14.8 Å². The molecule has 0 radical (unpaired) electrons. The Hall–Kier alpha value is -3.61. The van der Waals surface area contributed by atoms with E-state index >= 15 is 0 Å². The summed E-state index contributed by atoms with van der Waals surface area (Å²) in [7, 11) is 0. The molecule has 1 unspecified atom stereocenters. The number of ether oxygens (including phenoxy) is 2. The number of halogens is 2. The fourth-order valence-electron chi connectivity index (χ4n) is 3.68. The molecule has 7 heteroatoms. The van der Waals surface area contributed by atoms with Crippen molar-refractivity contribution in [2.24, 2.45) is 0 Å². The summed E-state index contributed by atoms with van der Waals surface area (Å²) in [4.78, 5) is 14.6. The molecule has 0 bridgehead atoms. The predicted octanol–water partition coefficient (Wildman–Crippen LogP) is 4.46. The van der Waals surface area contributed by atoms with E-state index in [0.29, 0.717) is 22.6 Å². The van der Waals surface area contributed by atoms with Gasteiger partial charge in [-0.3, -0.25) is 4.79 Å². The Morgan fingerprint density at radius 2 is 1.83 bits per heavy atom. The lowest BCUT2D eigenvalue weighted by molar-refractivity contribution is 0.0728. The zero-order chi connectivity index (χ0) is 20.0. The van der Waals surface area contributed by atoms with Crippen molar-refractivity contribution in [2.45, 2.75) is 12.7 Å². The van der Waals surface area contributed by atoms with Gasteiger partial charge >= 0.3 is 0 Å². The molecular formula is C22H16F2N2O3. The zero-order valence-electron chi connectivity index (χ0n) is 15.2. The quantitative estimate of drug-likeness (QED) is 0.710. The molecule has 0 aliphatic carbocycles. The fraction of sp³-hybridized carbons (Fsp3) is 0.136.